The minimum absolute atomic E-state index is 0.0738. The van der Waals surface area contributed by atoms with E-state index in [9.17, 15) is 18.0 Å². The second kappa shape index (κ2) is 10.4. The molecule has 0 aromatic heterocycles. The SMILES string of the molecule is CCCN1CCC2(c3ccc(OC)c(OC)c3)CCC(NC(=O)Nc3ccc(F)c(F)c3F)CC12. The minimum Gasteiger partial charge on any atom is -0.493 e. The van der Waals surface area contributed by atoms with Gasteiger partial charge in [-0.25, -0.2) is 18.0 Å². The number of hydrogen-bond donors (Lipinski definition) is 2. The molecule has 190 valence electrons. The summed E-state index contributed by atoms with van der Waals surface area (Å²) >= 11 is 0. The van der Waals surface area contributed by atoms with Crippen LogP contribution in [0.25, 0.3) is 0 Å². The predicted molar refractivity (Wildman–Crippen MR) is 128 cm³/mol. The molecule has 1 saturated carbocycles. The van der Waals surface area contributed by atoms with Crippen LogP contribution in [0.15, 0.2) is 30.3 Å². The number of halogens is 3. The molecule has 1 aliphatic heterocycles. The summed E-state index contributed by atoms with van der Waals surface area (Å²) in [6.07, 6.45) is 4.34. The first kappa shape index (κ1) is 25.2. The Kier molecular flexibility index (Phi) is 7.44. The molecule has 1 aliphatic carbocycles. The van der Waals surface area contributed by atoms with E-state index in [1.54, 1.807) is 14.2 Å². The lowest BCUT2D eigenvalue weighted by atomic mass is 9.65. The molecule has 2 fully saturated rings. The number of hydrogen-bond acceptors (Lipinski definition) is 4. The standard InChI is InChI=1S/C26H32F3N3O3/c1-4-12-32-13-11-26(16-5-8-20(34-2)21(14-16)35-3)10-9-17(15-22(26)32)30-25(33)31-19-7-6-18(27)23(28)24(19)29/h5-8,14,17,22H,4,9-13,15H2,1-3H3,(H2,30,31,33). The highest BCUT2D eigenvalue weighted by Gasteiger charge is 2.51. The molecule has 2 aromatic carbocycles. The second-order valence-electron chi connectivity index (χ2n) is 9.32. The van der Waals surface area contributed by atoms with Crippen molar-refractivity contribution >= 4 is 11.7 Å². The number of nitrogens with one attached hydrogen (secondary N) is 2. The first-order valence-corrected chi connectivity index (χ1v) is 12.0. The van der Waals surface area contributed by atoms with E-state index < -0.39 is 29.2 Å². The van der Waals surface area contributed by atoms with E-state index in [-0.39, 0.29) is 17.5 Å². The molecule has 2 aromatic rings. The van der Waals surface area contributed by atoms with Crippen molar-refractivity contribution < 1.29 is 27.4 Å². The Hall–Kier alpha value is -2.94. The summed E-state index contributed by atoms with van der Waals surface area (Å²) in [6, 6.07) is 7.33. The van der Waals surface area contributed by atoms with Gasteiger partial charge >= 0.3 is 6.03 Å². The van der Waals surface area contributed by atoms with E-state index in [1.807, 2.05) is 6.07 Å². The van der Waals surface area contributed by atoms with E-state index in [4.69, 9.17) is 9.47 Å². The number of benzene rings is 2. The summed E-state index contributed by atoms with van der Waals surface area (Å²) in [4.78, 5) is 15.1. The fraction of sp³-hybridized carbons (Fsp3) is 0.500. The predicted octanol–water partition coefficient (Wildman–Crippen LogP) is 5.22. The van der Waals surface area contributed by atoms with Crippen LogP contribution in [0.5, 0.6) is 11.5 Å². The van der Waals surface area contributed by atoms with Gasteiger partial charge in [0.25, 0.3) is 0 Å². The largest absolute Gasteiger partial charge is 0.493 e. The van der Waals surface area contributed by atoms with Crippen LogP contribution in [0.1, 0.15) is 44.6 Å². The van der Waals surface area contributed by atoms with Crippen LogP contribution in [-0.4, -0.2) is 50.3 Å². The molecular formula is C26H32F3N3O3. The number of carbonyl (C=O) groups excluding carboxylic acids is 1. The van der Waals surface area contributed by atoms with E-state index >= 15 is 0 Å². The Balaban J connectivity index is 1.52. The molecule has 2 aliphatic rings. The summed E-state index contributed by atoms with van der Waals surface area (Å²) in [5.74, 6) is -2.95. The molecule has 1 heterocycles. The van der Waals surface area contributed by atoms with E-state index in [0.717, 1.165) is 57.3 Å². The topological polar surface area (TPSA) is 62.8 Å². The number of rotatable bonds is 7. The molecule has 2 amide bonds. The molecule has 9 heteroatoms. The van der Waals surface area contributed by atoms with Crippen molar-refractivity contribution in [3.63, 3.8) is 0 Å². The van der Waals surface area contributed by atoms with Gasteiger partial charge in [-0.2, -0.15) is 0 Å². The molecule has 2 N–H and O–H groups in total. The summed E-state index contributed by atoms with van der Waals surface area (Å²) in [5.41, 5.74) is 0.728. The number of anilines is 1. The van der Waals surface area contributed by atoms with Crippen molar-refractivity contribution in [1.82, 2.24) is 10.2 Å². The highest BCUT2D eigenvalue weighted by Crippen LogP contribution is 2.50. The van der Waals surface area contributed by atoms with Crippen molar-refractivity contribution in [3.05, 3.63) is 53.3 Å². The van der Waals surface area contributed by atoms with E-state index in [2.05, 4.69) is 34.6 Å². The zero-order chi connectivity index (χ0) is 25.2. The summed E-state index contributed by atoms with van der Waals surface area (Å²) in [6.45, 7) is 4.07. The lowest BCUT2D eigenvalue weighted by Gasteiger charge is -2.45. The maximum Gasteiger partial charge on any atom is 0.319 e. The maximum atomic E-state index is 14.0. The number of methoxy groups -OCH3 is 2. The number of nitrogens with zero attached hydrogens (tertiary/aromatic N) is 1. The molecule has 4 rings (SSSR count). The van der Waals surface area contributed by atoms with Crippen LogP contribution < -0.4 is 20.1 Å². The van der Waals surface area contributed by atoms with Crippen LogP contribution in [0, 0.1) is 17.5 Å². The number of ether oxygens (including phenoxy) is 2. The van der Waals surface area contributed by atoms with Gasteiger partial charge in [0.2, 0.25) is 0 Å². The first-order valence-electron chi connectivity index (χ1n) is 12.0. The fourth-order valence-corrected chi connectivity index (χ4v) is 5.78. The van der Waals surface area contributed by atoms with Gasteiger partial charge in [0, 0.05) is 17.5 Å². The molecule has 3 unspecified atom stereocenters. The van der Waals surface area contributed by atoms with Gasteiger partial charge in [-0.3, -0.25) is 4.90 Å². The summed E-state index contributed by atoms with van der Waals surface area (Å²) in [7, 11) is 3.25. The third kappa shape index (κ3) is 4.78. The zero-order valence-electron chi connectivity index (χ0n) is 20.3. The quantitative estimate of drug-likeness (QED) is 0.522. The molecule has 35 heavy (non-hydrogen) atoms. The van der Waals surface area contributed by atoms with Crippen molar-refractivity contribution in [3.8, 4) is 11.5 Å². The first-order chi connectivity index (χ1) is 16.8. The lowest BCUT2D eigenvalue weighted by molar-refractivity contribution is 0.136. The van der Waals surface area contributed by atoms with Crippen LogP contribution in [0.2, 0.25) is 0 Å². The van der Waals surface area contributed by atoms with Gasteiger partial charge in [0.1, 0.15) is 0 Å². The highest BCUT2D eigenvalue weighted by atomic mass is 19.2. The van der Waals surface area contributed by atoms with Crippen LogP contribution in [-0.2, 0) is 5.41 Å². The molecule has 6 nitrogen and oxygen atoms in total. The van der Waals surface area contributed by atoms with Crippen LogP contribution in [0.3, 0.4) is 0 Å². The van der Waals surface area contributed by atoms with Gasteiger partial charge < -0.3 is 20.1 Å². The minimum atomic E-state index is -1.61. The van der Waals surface area contributed by atoms with Crippen LogP contribution >= 0.6 is 0 Å². The maximum absolute atomic E-state index is 14.0. The Morgan fingerprint density at radius 2 is 1.86 bits per heavy atom. The molecular weight excluding hydrogens is 459 g/mol. The van der Waals surface area contributed by atoms with Crippen molar-refractivity contribution in [2.24, 2.45) is 0 Å². The third-order valence-electron chi connectivity index (χ3n) is 7.46. The molecule has 0 bridgehead atoms. The van der Waals surface area contributed by atoms with Gasteiger partial charge in [0.05, 0.1) is 19.9 Å². The zero-order valence-corrected chi connectivity index (χ0v) is 20.3. The monoisotopic (exact) mass is 491 g/mol. The van der Waals surface area contributed by atoms with Gasteiger partial charge in [-0.15, -0.1) is 0 Å². The lowest BCUT2D eigenvalue weighted by Crippen LogP contribution is -2.53. The number of amides is 2. The number of carbonyl (C=O) groups is 1. The smallest absolute Gasteiger partial charge is 0.319 e. The fourth-order valence-electron chi connectivity index (χ4n) is 5.78. The highest BCUT2D eigenvalue weighted by molar-refractivity contribution is 5.89. The molecule has 0 spiro atoms. The van der Waals surface area contributed by atoms with E-state index in [1.165, 1.54) is 5.56 Å². The van der Waals surface area contributed by atoms with Crippen molar-refractivity contribution in [1.29, 1.82) is 0 Å². The number of urea groups is 1. The van der Waals surface area contributed by atoms with Gasteiger partial charge in [-0.05, 0) is 75.0 Å². The van der Waals surface area contributed by atoms with Gasteiger partial charge in [0.15, 0.2) is 29.0 Å². The van der Waals surface area contributed by atoms with Crippen LogP contribution in [0.4, 0.5) is 23.7 Å². The number of fused-ring (bicyclic) bond motifs is 1. The summed E-state index contributed by atoms with van der Waals surface area (Å²) in [5, 5.41) is 5.22. The second-order valence-corrected chi connectivity index (χ2v) is 9.32. The summed E-state index contributed by atoms with van der Waals surface area (Å²) < 4.78 is 51.7. The number of likely N-dealkylation sites (tertiary alicyclic amines) is 1. The molecule has 1 saturated heterocycles. The Morgan fingerprint density at radius 1 is 1.09 bits per heavy atom. The Bertz CT molecular complexity index is 1080. The average molecular weight is 492 g/mol. The third-order valence-corrected chi connectivity index (χ3v) is 7.46. The Labute approximate surface area is 203 Å². The Morgan fingerprint density at radius 3 is 2.57 bits per heavy atom. The average Bonchev–Trinajstić information content (AvgIpc) is 3.23. The van der Waals surface area contributed by atoms with Crippen molar-refractivity contribution in [2.45, 2.75) is 56.5 Å². The molecule has 0 radical (unpaired) electrons. The normalized spacial score (nSPS) is 24.1. The van der Waals surface area contributed by atoms with Gasteiger partial charge in [-0.1, -0.05) is 13.0 Å². The molecule has 3 atom stereocenters. The van der Waals surface area contributed by atoms with E-state index in [0.29, 0.717) is 11.5 Å². The van der Waals surface area contributed by atoms with Crippen molar-refractivity contribution in [2.75, 3.05) is 32.6 Å².